The van der Waals surface area contributed by atoms with Crippen molar-refractivity contribution in [3.63, 3.8) is 0 Å². The van der Waals surface area contributed by atoms with Gasteiger partial charge in [0.2, 0.25) is 0 Å². The van der Waals surface area contributed by atoms with Crippen molar-refractivity contribution < 1.29 is 38.5 Å². The van der Waals surface area contributed by atoms with Crippen LogP contribution >= 0.6 is 11.8 Å². The molecule has 3 rings (SSSR count). The summed E-state index contributed by atoms with van der Waals surface area (Å²) in [7, 11) is 1.56. The van der Waals surface area contributed by atoms with E-state index in [0.717, 1.165) is 17.3 Å². The molecule has 180 valence electrons. The van der Waals surface area contributed by atoms with Crippen molar-refractivity contribution in [3.8, 4) is 11.5 Å². The Kier molecular flexibility index (Phi) is 9.09. The van der Waals surface area contributed by atoms with Crippen molar-refractivity contribution in [2.75, 3.05) is 13.7 Å². The van der Waals surface area contributed by atoms with E-state index < -0.39 is 18.0 Å². The zero-order valence-corrected chi connectivity index (χ0v) is 19.5. The highest BCUT2D eigenvalue weighted by Gasteiger charge is 2.31. The van der Waals surface area contributed by atoms with Crippen molar-refractivity contribution in [1.29, 1.82) is 0 Å². The number of Topliss-reactive ketones (excluding diaryl/α,β-unsaturated/α-hetero) is 1. The summed E-state index contributed by atoms with van der Waals surface area (Å²) in [6.45, 7) is 0.0574. The number of esters is 1. The lowest BCUT2D eigenvalue weighted by atomic mass is 10.1. The van der Waals surface area contributed by atoms with Gasteiger partial charge in [0.1, 0.15) is 18.1 Å². The van der Waals surface area contributed by atoms with Gasteiger partial charge in [-0.1, -0.05) is 36.0 Å². The van der Waals surface area contributed by atoms with Crippen LogP contribution in [0.25, 0.3) is 0 Å². The number of ether oxygens (including phenoxy) is 3. The van der Waals surface area contributed by atoms with E-state index >= 15 is 0 Å². The first kappa shape index (κ1) is 25.3. The molecule has 1 heterocycles. The quantitative estimate of drug-likeness (QED) is 0.353. The van der Waals surface area contributed by atoms with Gasteiger partial charge < -0.3 is 19.3 Å². The maximum atomic E-state index is 12.3. The van der Waals surface area contributed by atoms with Crippen LogP contribution in [0.1, 0.15) is 42.9 Å². The number of carboxylic acids is 1. The molecule has 2 aromatic carbocycles. The van der Waals surface area contributed by atoms with Crippen LogP contribution < -0.4 is 9.47 Å². The SMILES string of the molecule is COc1ccc([C@@H](COc2ccc(CC3SC(=O)CC3=O)cc2)OC(=O)CCCC(=O)O)cc1. The van der Waals surface area contributed by atoms with Gasteiger partial charge >= 0.3 is 11.9 Å². The Hall–Kier alpha value is -3.33. The van der Waals surface area contributed by atoms with Gasteiger partial charge in [0.25, 0.3) is 0 Å². The van der Waals surface area contributed by atoms with Crippen LogP contribution in [-0.2, 0) is 30.3 Å². The average Bonchev–Trinajstić information content (AvgIpc) is 3.13. The monoisotopic (exact) mass is 486 g/mol. The summed E-state index contributed by atoms with van der Waals surface area (Å²) in [4.78, 5) is 46.2. The molecule has 0 amide bonds. The van der Waals surface area contributed by atoms with Gasteiger partial charge in [-0.25, -0.2) is 0 Å². The molecule has 34 heavy (non-hydrogen) atoms. The first-order valence-electron chi connectivity index (χ1n) is 10.8. The van der Waals surface area contributed by atoms with E-state index in [1.165, 1.54) is 0 Å². The minimum absolute atomic E-state index is 0.00168. The topological polar surface area (TPSA) is 116 Å². The summed E-state index contributed by atoms with van der Waals surface area (Å²) in [6.07, 6.45) is -0.130. The van der Waals surface area contributed by atoms with E-state index in [2.05, 4.69) is 0 Å². The van der Waals surface area contributed by atoms with E-state index in [-0.39, 0.29) is 48.4 Å². The number of hydrogen-bond donors (Lipinski definition) is 1. The lowest BCUT2D eigenvalue weighted by Crippen LogP contribution is -2.18. The van der Waals surface area contributed by atoms with Crippen LogP contribution in [0.3, 0.4) is 0 Å². The van der Waals surface area contributed by atoms with Crippen LogP contribution in [0.2, 0.25) is 0 Å². The standard InChI is InChI=1S/C25H26O8S/c1-31-18-11-7-17(8-12-18)21(33-24(29)4-2-3-23(27)28)15-32-19-9-5-16(6-10-19)13-22-20(26)14-25(30)34-22/h5-12,21-22H,2-4,13-15H2,1H3,(H,27,28)/t21-,22?/m1/s1. The summed E-state index contributed by atoms with van der Waals surface area (Å²) >= 11 is 1.09. The van der Waals surface area contributed by atoms with Gasteiger partial charge in [-0.15, -0.1) is 0 Å². The summed E-state index contributed by atoms with van der Waals surface area (Å²) in [5.41, 5.74) is 1.63. The highest BCUT2D eigenvalue weighted by Crippen LogP contribution is 2.29. The van der Waals surface area contributed by atoms with Gasteiger partial charge in [0.15, 0.2) is 17.0 Å². The Morgan fingerprint density at radius 1 is 1.03 bits per heavy atom. The van der Waals surface area contributed by atoms with Crippen LogP contribution in [-0.4, -0.2) is 46.9 Å². The molecule has 0 radical (unpaired) electrons. The first-order chi connectivity index (χ1) is 16.3. The minimum atomic E-state index is -0.964. The third-order valence-corrected chi connectivity index (χ3v) is 6.35. The molecular weight excluding hydrogens is 460 g/mol. The molecule has 1 aliphatic heterocycles. The Balaban J connectivity index is 1.60. The molecule has 1 unspecified atom stereocenters. The van der Waals surface area contributed by atoms with Crippen molar-refractivity contribution in [2.24, 2.45) is 0 Å². The minimum Gasteiger partial charge on any atom is -0.497 e. The van der Waals surface area contributed by atoms with E-state index in [1.807, 2.05) is 12.1 Å². The molecule has 1 fully saturated rings. The molecule has 0 aromatic heterocycles. The molecular formula is C25H26O8S. The van der Waals surface area contributed by atoms with Crippen molar-refractivity contribution in [1.82, 2.24) is 0 Å². The molecule has 1 N–H and O–H groups in total. The lowest BCUT2D eigenvalue weighted by molar-refractivity contribution is -0.151. The predicted octanol–water partition coefficient (Wildman–Crippen LogP) is 3.76. The van der Waals surface area contributed by atoms with Crippen molar-refractivity contribution in [2.45, 2.75) is 43.5 Å². The molecule has 2 atom stereocenters. The number of rotatable bonds is 12. The third-order valence-electron chi connectivity index (χ3n) is 5.23. The highest BCUT2D eigenvalue weighted by atomic mass is 32.2. The molecule has 0 bridgehead atoms. The van der Waals surface area contributed by atoms with Gasteiger partial charge in [-0.05, 0) is 48.2 Å². The number of carbonyl (C=O) groups is 4. The number of thioether (sulfide) groups is 1. The largest absolute Gasteiger partial charge is 0.497 e. The number of hydrogen-bond acceptors (Lipinski definition) is 8. The highest BCUT2D eigenvalue weighted by molar-refractivity contribution is 8.15. The zero-order valence-electron chi connectivity index (χ0n) is 18.7. The molecule has 8 nitrogen and oxygen atoms in total. The van der Waals surface area contributed by atoms with Crippen LogP contribution in [0.15, 0.2) is 48.5 Å². The fourth-order valence-electron chi connectivity index (χ4n) is 3.40. The summed E-state index contributed by atoms with van der Waals surface area (Å²) in [6, 6.07) is 14.3. The Morgan fingerprint density at radius 3 is 2.29 bits per heavy atom. The predicted molar refractivity (Wildman–Crippen MR) is 125 cm³/mol. The summed E-state index contributed by atoms with van der Waals surface area (Å²) < 4.78 is 16.6. The molecule has 0 saturated carbocycles. The number of methoxy groups -OCH3 is 1. The van der Waals surface area contributed by atoms with Crippen molar-refractivity contribution in [3.05, 3.63) is 59.7 Å². The van der Waals surface area contributed by atoms with E-state index in [1.54, 1.807) is 43.5 Å². The maximum Gasteiger partial charge on any atom is 0.306 e. The number of carbonyl (C=O) groups excluding carboxylic acids is 3. The van der Waals surface area contributed by atoms with E-state index in [0.29, 0.717) is 23.5 Å². The molecule has 0 aliphatic carbocycles. The van der Waals surface area contributed by atoms with E-state index in [4.69, 9.17) is 19.3 Å². The second kappa shape index (κ2) is 12.2. The number of ketones is 1. The fourth-order valence-corrected chi connectivity index (χ4v) is 4.44. The van der Waals surface area contributed by atoms with Gasteiger partial charge in [0.05, 0.1) is 18.8 Å². The van der Waals surface area contributed by atoms with Crippen LogP contribution in [0, 0.1) is 0 Å². The number of carboxylic acid groups (broad SMARTS) is 1. The van der Waals surface area contributed by atoms with Crippen LogP contribution in [0.5, 0.6) is 11.5 Å². The second-order valence-corrected chi connectivity index (χ2v) is 9.04. The fraction of sp³-hybridized carbons (Fsp3) is 0.360. The van der Waals surface area contributed by atoms with Gasteiger partial charge in [0, 0.05) is 12.8 Å². The molecule has 1 aliphatic rings. The maximum absolute atomic E-state index is 12.3. The number of aliphatic carboxylic acids is 1. The number of benzene rings is 2. The van der Waals surface area contributed by atoms with Crippen molar-refractivity contribution >= 4 is 34.6 Å². The molecule has 0 spiro atoms. The smallest absolute Gasteiger partial charge is 0.306 e. The Morgan fingerprint density at radius 2 is 1.71 bits per heavy atom. The summed E-state index contributed by atoms with van der Waals surface area (Å²) in [5, 5.41) is 8.33. The van der Waals surface area contributed by atoms with Gasteiger partial charge in [-0.3, -0.25) is 19.2 Å². The van der Waals surface area contributed by atoms with E-state index in [9.17, 15) is 19.2 Å². The molecule has 1 saturated heterocycles. The lowest BCUT2D eigenvalue weighted by Gasteiger charge is -2.19. The first-order valence-corrected chi connectivity index (χ1v) is 11.7. The normalized spacial score (nSPS) is 16.2. The third kappa shape index (κ3) is 7.62. The van der Waals surface area contributed by atoms with Gasteiger partial charge in [-0.2, -0.15) is 0 Å². The molecule has 2 aromatic rings. The average molecular weight is 487 g/mol. The Labute approximate surface area is 201 Å². The summed E-state index contributed by atoms with van der Waals surface area (Å²) in [5.74, 6) is -0.288. The Bertz CT molecular complexity index is 1020. The van der Waals surface area contributed by atoms with Crippen LogP contribution in [0.4, 0.5) is 0 Å². The zero-order chi connectivity index (χ0) is 24.5. The molecule has 9 heteroatoms. The second-order valence-electron chi connectivity index (χ2n) is 7.78.